The molecule has 0 spiro atoms. The van der Waals surface area contributed by atoms with Crippen LogP contribution in [0.5, 0.6) is 0 Å². The van der Waals surface area contributed by atoms with Gasteiger partial charge in [-0.25, -0.2) is 0 Å². The fraction of sp³-hybridized carbons (Fsp3) is 0.440. The normalized spacial score (nSPS) is 16.2. The number of rotatable bonds is 4. The van der Waals surface area contributed by atoms with Crippen LogP contribution in [0.4, 0.5) is 5.82 Å². The fourth-order valence-electron chi connectivity index (χ4n) is 4.70. The van der Waals surface area contributed by atoms with Crippen molar-refractivity contribution in [2.24, 2.45) is 0 Å². The number of aromatic nitrogens is 4. The number of hydrogen-bond acceptors (Lipinski definition) is 5. The van der Waals surface area contributed by atoms with Crippen LogP contribution in [0.2, 0.25) is 0 Å². The number of nitrogens with zero attached hydrogens (tertiary/aromatic N) is 5. The molecule has 1 saturated heterocycles. The van der Waals surface area contributed by atoms with E-state index in [0.717, 1.165) is 48.4 Å². The van der Waals surface area contributed by atoms with Gasteiger partial charge in [0.2, 0.25) is 0 Å². The highest BCUT2D eigenvalue weighted by Gasteiger charge is 2.28. The molecule has 0 atom stereocenters. The van der Waals surface area contributed by atoms with Gasteiger partial charge in [-0.1, -0.05) is 26.0 Å². The maximum absolute atomic E-state index is 13.1. The van der Waals surface area contributed by atoms with Crippen LogP contribution < -0.4 is 10.5 Å². The van der Waals surface area contributed by atoms with Gasteiger partial charge in [-0.3, -0.25) is 14.7 Å². The lowest BCUT2D eigenvalue weighted by Gasteiger charge is -2.35. The van der Waals surface area contributed by atoms with E-state index < -0.39 is 0 Å². The number of benzene rings is 1. The van der Waals surface area contributed by atoms with E-state index in [1.807, 2.05) is 29.2 Å². The summed E-state index contributed by atoms with van der Waals surface area (Å²) >= 11 is 0. The molecule has 8 nitrogen and oxygen atoms in total. The Hall–Kier alpha value is -3.42. The Morgan fingerprint density at radius 3 is 2.42 bits per heavy atom. The molecule has 1 amide bonds. The maximum Gasteiger partial charge on any atom is 0.274 e. The van der Waals surface area contributed by atoms with E-state index >= 15 is 0 Å². The van der Waals surface area contributed by atoms with Gasteiger partial charge in [0.1, 0.15) is 5.82 Å². The van der Waals surface area contributed by atoms with Crippen molar-refractivity contribution in [3.05, 3.63) is 69.3 Å². The smallest absolute Gasteiger partial charge is 0.274 e. The summed E-state index contributed by atoms with van der Waals surface area (Å²) in [6.07, 6.45) is 4.17. The van der Waals surface area contributed by atoms with Crippen LogP contribution in [-0.4, -0.2) is 57.0 Å². The van der Waals surface area contributed by atoms with Gasteiger partial charge in [-0.05, 0) is 55.4 Å². The predicted octanol–water partition coefficient (Wildman–Crippen LogP) is 2.92. The molecule has 8 heteroatoms. The van der Waals surface area contributed by atoms with Crippen molar-refractivity contribution in [1.29, 1.82) is 0 Å². The quantitative estimate of drug-likeness (QED) is 0.666. The molecule has 3 aromatic rings. The number of amides is 1. The molecular weight excluding hydrogens is 416 g/mol. The average Bonchev–Trinajstić information content (AvgIpc) is 3.28. The van der Waals surface area contributed by atoms with E-state index in [-0.39, 0.29) is 11.5 Å². The van der Waals surface area contributed by atoms with Gasteiger partial charge in [0, 0.05) is 43.5 Å². The fourth-order valence-corrected chi connectivity index (χ4v) is 4.70. The van der Waals surface area contributed by atoms with Crippen molar-refractivity contribution in [2.45, 2.75) is 45.4 Å². The molecule has 0 saturated carbocycles. The van der Waals surface area contributed by atoms with Crippen LogP contribution in [0.3, 0.4) is 0 Å². The van der Waals surface area contributed by atoms with Crippen molar-refractivity contribution >= 4 is 11.7 Å². The molecule has 3 heterocycles. The number of hydrogen-bond donors (Lipinski definition) is 1. The predicted molar refractivity (Wildman–Crippen MR) is 127 cm³/mol. The van der Waals surface area contributed by atoms with E-state index in [9.17, 15) is 9.59 Å². The van der Waals surface area contributed by atoms with E-state index in [1.54, 1.807) is 12.1 Å². The second-order valence-corrected chi connectivity index (χ2v) is 9.20. The summed E-state index contributed by atoms with van der Waals surface area (Å²) in [5.74, 6) is 1.19. The Balaban J connectivity index is 1.29. The Morgan fingerprint density at radius 1 is 0.970 bits per heavy atom. The molecule has 1 aromatic carbocycles. The van der Waals surface area contributed by atoms with Crippen molar-refractivity contribution in [3.8, 4) is 5.69 Å². The van der Waals surface area contributed by atoms with Gasteiger partial charge in [0.05, 0.1) is 5.69 Å². The molecule has 33 heavy (non-hydrogen) atoms. The van der Waals surface area contributed by atoms with Crippen LogP contribution in [0, 0.1) is 0 Å². The number of carbonyl (C=O) groups excluding carboxylic acids is 1. The molecular formula is C25H30N6O2. The Kier molecular flexibility index (Phi) is 5.74. The first-order valence-corrected chi connectivity index (χ1v) is 11.8. The summed E-state index contributed by atoms with van der Waals surface area (Å²) in [5, 5.41) is 12.0. The minimum absolute atomic E-state index is 0.0113. The van der Waals surface area contributed by atoms with Gasteiger partial charge in [-0.2, -0.15) is 9.78 Å². The molecule has 0 unspecified atom stereocenters. The van der Waals surface area contributed by atoms with Gasteiger partial charge in [0.15, 0.2) is 5.69 Å². The largest absolute Gasteiger partial charge is 0.352 e. The minimum Gasteiger partial charge on any atom is -0.352 e. The van der Waals surface area contributed by atoms with Gasteiger partial charge < -0.3 is 9.80 Å². The summed E-state index contributed by atoms with van der Waals surface area (Å²) in [7, 11) is 0. The summed E-state index contributed by atoms with van der Waals surface area (Å²) in [4.78, 5) is 29.6. The average molecular weight is 447 g/mol. The van der Waals surface area contributed by atoms with Crippen LogP contribution >= 0.6 is 0 Å². The molecule has 2 aliphatic rings. The van der Waals surface area contributed by atoms with E-state index in [4.69, 9.17) is 0 Å². The Morgan fingerprint density at radius 2 is 1.70 bits per heavy atom. The monoisotopic (exact) mass is 446 g/mol. The summed E-state index contributed by atoms with van der Waals surface area (Å²) in [5.41, 5.74) is 4.63. The molecule has 172 valence electrons. The first-order chi connectivity index (χ1) is 16.0. The zero-order chi connectivity index (χ0) is 22.9. The van der Waals surface area contributed by atoms with Gasteiger partial charge in [0.25, 0.3) is 11.5 Å². The number of aryl methyl sites for hydroxylation is 1. The van der Waals surface area contributed by atoms with E-state index in [0.29, 0.717) is 37.8 Å². The Bertz CT molecular complexity index is 1200. The maximum atomic E-state index is 13.1. The third-order valence-electron chi connectivity index (χ3n) is 6.74. The third kappa shape index (κ3) is 4.17. The van der Waals surface area contributed by atoms with Crippen molar-refractivity contribution < 1.29 is 4.79 Å². The van der Waals surface area contributed by atoms with Crippen LogP contribution in [0.25, 0.3) is 5.69 Å². The summed E-state index contributed by atoms with van der Waals surface area (Å²) < 4.78 is 1.45. The zero-order valence-corrected chi connectivity index (χ0v) is 19.3. The summed E-state index contributed by atoms with van der Waals surface area (Å²) in [6.45, 7) is 6.82. The second kappa shape index (κ2) is 8.84. The molecule has 0 radical (unpaired) electrons. The Labute approximate surface area is 193 Å². The van der Waals surface area contributed by atoms with Crippen molar-refractivity contribution in [2.75, 3.05) is 31.1 Å². The number of nitrogens with one attached hydrogen (secondary N) is 1. The number of anilines is 1. The van der Waals surface area contributed by atoms with Crippen LogP contribution in [0.15, 0.2) is 41.2 Å². The molecule has 1 N–H and O–H groups in total. The SMILES string of the molecule is CC(C)c1ccc(-n2nc(N3CCN(C(=O)c4n[nH]c5c4CCCC5)CC3)ccc2=O)cc1. The number of carbonyl (C=O) groups is 1. The first-order valence-electron chi connectivity index (χ1n) is 11.8. The minimum atomic E-state index is -0.159. The van der Waals surface area contributed by atoms with Crippen LogP contribution in [0.1, 0.15) is 59.9 Å². The summed E-state index contributed by atoms with van der Waals surface area (Å²) in [6, 6.07) is 11.3. The molecule has 1 aliphatic carbocycles. The highest BCUT2D eigenvalue weighted by molar-refractivity contribution is 5.94. The lowest BCUT2D eigenvalue weighted by atomic mass is 9.95. The first kappa shape index (κ1) is 21.4. The topological polar surface area (TPSA) is 87.1 Å². The molecule has 2 aromatic heterocycles. The van der Waals surface area contributed by atoms with E-state index in [1.165, 1.54) is 10.2 Å². The van der Waals surface area contributed by atoms with Crippen molar-refractivity contribution in [3.63, 3.8) is 0 Å². The lowest BCUT2D eigenvalue weighted by Crippen LogP contribution is -2.49. The molecule has 1 aliphatic heterocycles. The molecule has 5 rings (SSSR count). The van der Waals surface area contributed by atoms with Crippen molar-refractivity contribution in [1.82, 2.24) is 24.9 Å². The lowest BCUT2D eigenvalue weighted by molar-refractivity contribution is 0.0739. The third-order valence-corrected chi connectivity index (χ3v) is 6.74. The number of fused-ring (bicyclic) bond motifs is 1. The number of H-pyrrole nitrogens is 1. The zero-order valence-electron chi connectivity index (χ0n) is 19.3. The molecule has 1 fully saturated rings. The van der Waals surface area contributed by atoms with Crippen LogP contribution in [-0.2, 0) is 12.8 Å². The van der Waals surface area contributed by atoms with Gasteiger partial charge in [-0.15, -0.1) is 5.10 Å². The van der Waals surface area contributed by atoms with Gasteiger partial charge >= 0.3 is 0 Å². The highest BCUT2D eigenvalue weighted by Crippen LogP contribution is 2.24. The standard InChI is InChI=1S/C25H30N6O2/c1-17(2)18-7-9-19(10-8-18)31-23(32)12-11-22(28-31)29-13-15-30(16-14-29)25(33)24-20-5-3-4-6-21(20)26-27-24/h7-12,17H,3-6,13-16H2,1-2H3,(H,26,27). The number of aromatic amines is 1. The molecule has 0 bridgehead atoms. The highest BCUT2D eigenvalue weighted by atomic mass is 16.2. The second-order valence-electron chi connectivity index (χ2n) is 9.20. The number of piperazine rings is 1. The van der Waals surface area contributed by atoms with E-state index in [2.05, 4.69) is 34.0 Å².